The lowest BCUT2D eigenvalue weighted by Crippen LogP contribution is -2.46. The van der Waals surface area contributed by atoms with Gasteiger partial charge in [0.15, 0.2) is 0 Å². The van der Waals surface area contributed by atoms with Crippen LogP contribution in [0.4, 0.5) is 0 Å². The average molecular weight is 280 g/mol. The van der Waals surface area contributed by atoms with Gasteiger partial charge in [-0.3, -0.25) is 0 Å². The fourth-order valence-electron chi connectivity index (χ4n) is 1.82. The van der Waals surface area contributed by atoms with Gasteiger partial charge >= 0.3 is 0 Å². The van der Waals surface area contributed by atoms with E-state index in [2.05, 4.69) is 16.3 Å². The van der Waals surface area contributed by atoms with Crippen molar-refractivity contribution < 1.29 is 8.42 Å². The van der Waals surface area contributed by atoms with Crippen molar-refractivity contribution in [2.45, 2.75) is 43.9 Å². The molecule has 0 aromatic carbocycles. The highest BCUT2D eigenvalue weighted by molar-refractivity contribution is 8.00. The first-order chi connectivity index (χ1) is 7.89. The van der Waals surface area contributed by atoms with Crippen LogP contribution in [0.5, 0.6) is 0 Å². The first-order valence-corrected chi connectivity index (χ1v) is 9.03. The highest BCUT2D eigenvalue weighted by atomic mass is 32.2. The topological polar surface area (TPSA) is 58.2 Å². The molecule has 17 heavy (non-hydrogen) atoms. The van der Waals surface area contributed by atoms with Crippen LogP contribution in [0, 0.1) is 0 Å². The van der Waals surface area contributed by atoms with Gasteiger partial charge < -0.3 is 5.32 Å². The average Bonchev–Trinajstić information content (AvgIpc) is 2.15. The molecule has 0 atom stereocenters. The van der Waals surface area contributed by atoms with E-state index in [1.807, 2.05) is 13.8 Å². The number of thioether (sulfide) groups is 1. The summed E-state index contributed by atoms with van der Waals surface area (Å²) >= 11 is 1.79. The molecule has 6 heteroatoms. The Bertz CT molecular complexity index is 319. The Morgan fingerprint density at radius 2 is 2.00 bits per heavy atom. The van der Waals surface area contributed by atoms with Crippen LogP contribution in [0.3, 0.4) is 0 Å². The minimum absolute atomic E-state index is 0.162. The largest absolute Gasteiger partial charge is 0.313 e. The fraction of sp³-hybridized carbons (Fsp3) is 1.00. The molecule has 0 heterocycles. The van der Waals surface area contributed by atoms with Crippen LogP contribution in [-0.2, 0) is 10.0 Å². The van der Waals surface area contributed by atoms with Crippen molar-refractivity contribution in [3.8, 4) is 0 Å². The van der Waals surface area contributed by atoms with Crippen molar-refractivity contribution in [3.05, 3.63) is 0 Å². The van der Waals surface area contributed by atoms with E-state index in [-0.39, 0.29) is 10.5 Å². The lowest BCUT2D eigenvalue weighted by molar-refractivity contribution is 0.361. The number of nitrogens with one attached hydrogen (secondary N) is 2. The van der Waals surface area contributed by atoms with Gasteiger partial charge in [-0.15, -0.1) is 0 Å². The molecule has 0 amide bonds. The normalized spacial score (nSPS) is 19.3. The van der Waals surface area contributed by atoms with Gasteiger partial charge in [-0.25, -0.2) is 13.1 Å². The van der Waals surface area contributed by atoms with E-state index in [0.29, 0.717) is 19.1 Å². The number of sulfonamides is 1. The standard InChI is InChI=1S/C11H24N2O2S2/c1-10(2)12-7-8-17(14,15)13-9-11(16-3)5-4-6-11/h10,12-13H,4-9H2,1-3H3. The van der Waals surface area contributed by atoms with E-state index in [4.69, 9.17) is 0 Å². The van der Waals surface area contributed by atoms with Gasteiger partial charge in [0.2, 0.25) is 10.0 Å². The monoisotopic (exact) mass is 280 g/mol. The Balaban J connectivity index is 2.29. The second-order valence-electron chi connectivity index (χ2n) is 4.99. The SMILES string of the molecule is CSC1(CNS(=O)(=O)CCNC(C)C)CCC1. The Morgan fingerprint density at radius 3 is 2.41 bits per heavy atom. The second kappa shape index (κ2) is 6.41. The van der Waals surface area contributed by atoms with Crippen molar-refractivity contribution in [3.63, 3.8) is 0 Å². The van der Waals surface area contributed by atoms with Gasteiger partial charge in [0.25, 0.3) is 0 Å². The van der Waals surface area contributed by atoms with Gasteiger partial charge in [0, 0.05) is 23.9 Å². The third kappa shape index (κ3) is 5.16. The van der Waals surface area contributed by atoms with Crippen LogP contribution >= 0.6 is 11.8 Å². The number of rotatable bonds is 8. The first kappa shape index (κ1) is 15.3. The molecule has 0 radical (unpaired) electrons. The molecule has 2 N–H and O–H groups in total. The molecule has 1 aliphatic rings. The molecule has 0 aliphatic heterocycles. The van der Waals surface area contributed by atoms with Gasteiger partial charge in [0.05, 0.1) is 5.75 Å². The van der Waals surface area contributed by atoms with Crippen molar-refractivity contribution in [1.82, 2.24) is 10.0 Å². The summed E-state index contributed by atoms with van der Waals surface area (Å²) in [4.78, 5) is 0. The lowest BCUT2D eigenvalue weighted by atomic mass is 9.84. The first-order valence-electron chi connectivity index (χ1n) is 6.15. The summed E-state index contributed by atoms with van der Waals surface area (Å²) in [5.74, 6) is 0.162. The zero-order valence-corrected chi connectivity index (χ0v) is 12.6. The van der Waals surface area contributed by atoms with E-state index in [1.165, 1.54) is 6.42 Å². The highest BCUT2D eigenvalue weighted by Gasteiger charge is 2.36. The van der Waals surface area contributed by atoms with E-state index >= 15 is 0 Å². The van der Waals surface area contributed by atoms with Gasteiger partial charge in [-0.2, -0.15) is 11.8 Å². The van der Waals surface area contributed by atoms with Gasteiger partial charge in [0.1, 0.15) is 0 Å². The quantitative estimate of drug-likeness (QED) is 0.701. The van der Waals surface area contributed by atoms with E-state index in [9.17, 15) is 8.42 Å². The molecule has 102 valence electrons. The summed E-state index contributed by atoms with van der Waals surface area (Å²) in [5, 5.41) is 3.12. The smallest absolute Gasteiger partial charge is 0.212 e. The summed E-state index contributed by atoms with van der Waals surface area (Å²) in [7, 11) is -3.12. The molecule has 0 aromatic rings. The Kier molecular flexibility index (Phi) is 5.76. The highest BCUT2D eigenvalue weighted by Crippen LogP contribution is 2.42. The molecule has 0 unspecified atom stereocenters. The fourth-order valence-corrected chi connectivity index (χ4v) is 3.85. The Morgan fingerprint density at radius 1 is 1.35 bits per heavy atom. The van der Waals surface area contributed by atoms with Crippen LogP contribution < -0.4 is 10.0 Å². The molecule has 1 aliphatic carbocycles. The summed E-state index contributed by atoms with van der Waals surface area (Å²) in [6, 6.07) is 0.328. The minimum atomic E-state index is -3.12. The van der Waals surface area contributed by atoms with Crippen LogP contribution in [0.25, 0.3) is 0 Å². The van der Waals surface area contributed by atoms with Crippen molar-refractivity contribution >= 4 is 21.8 Å². The maximum absolute atomic E-state index is 11.8. The van der Waals surface area contributed by atoms with E-state index in [0.717, 1.165) is 12.8 Å². The zero-order chi connectivity index (χ0) is 12.9. The molecular weight excluding hydrogens is 256 g/mol. The van der Waals surface area contributed by atoms with Gasteiger partial charge in [-0.1, -0.05) is 20.3 Å². The molecule has 0 saturated heterocycles. The maximum atomic E-state index is 11.8. The van der Waals surface area contributed by atoms with Crippen molar-refractivity contribution in [2.24, 2.45) is 0 Å². The Labute approximate surface area is 109 Å². The molecule has 0 aromatic heterocycles. The van der Waals surface area contributed by atoms with Crippen LogP contribution in [0.15, 0.2) is 0 Å². The summed E-state index contributed by atoms with van der Waals surface area (Å²) < 4.78 is 26.4. The van der Waals surface area contributed by atoms with E-state index < -0.39 is 10.0 Å². The molecule has 4 nitrogen and oxygen atoms in total. The molecule has 0 bridgehead atoms. The van der Waals surface area contributed by atoms with Crippen LogP contribution in [0.1, 0.15) is 33.1 Å². The summed E-state index contributed by atoms with van der Waals surface area (Å²) in [6.45, 7) is 5.12. The molecule has 1 rings (SSSR count). The third-order valence-electron chi connectivity index (χ3n) is 3.24. The second-order valence-corrected chi connectivity index (χ2v) is 8.19. The van der Waals surface area contributed by atoms with Crippen LogP contribution in [0.2, 0.25) is 0 Å². The third-order valence-corrected chi connectivity index (χ3v) is 5.98. The minimum Gasteiger partial charge on any atom is -0.313 e. The van der Waals surface area contributed by atoms with E-state index in [1.54, 1.807) is 11.8 Å². The van der Waals surface area contributed by atoms with Crippen LogP contribution in [-0.4, -0.2) is 44.3 Å². The molecule has 0 spiro atoms. The predicted octanol–water partition coefficient (Wildman–Crippen LogP) is 1.19. The lowest BCUT2D eigenvalue weighted by Gasteiger charge is -2.40. The molecule has 1 saturated carbocycles. The maximum Gasteiger partial charge on any atom is 0.212 e. The molecule has 1 fully saturated rings. The summed E-state index contributed by atoms with van der Waals surface area (Å²) in [6.07, 6.45) is 5.53. The number of hydrogen-bond donors (Lipinski definition) is 2. The van der Waals surface area contributed by atoms with Gasteiger partial charge in [-0.05, 0) is 19.1 Å². The van der Waals surface area contributed by atoms with Crippen molar-refractivity contribution in [1.29, 1.82) is 0 Å². The Hall–Kier alpha value is 0.220. The molecular formula is C11H24N2O2S2. The predicted molar refractivity (Wildman–Crippen MR) is 75.0 cm³/mol. The summed E-state index contributed by atoms with van der Waals surface area (Å²) in [5.41, 5.74) is 0. The number of hydrogen-bond acceptors (Lipinski definition) is 4. The van der Waals surface area contributed by atoms with Crippen molar-refractivity contribution in [2.75, 3.05) is 25.1 Å². The zero-order valence-electron chi connectivity index (χ0n) is 11.0.